The largest absolute Gasteiger partial charge is 0.314 e. The van der Waals surface area contributed by atoms with Crippen molar-refractivity contribution < 1.29 is 0 Å². The monoisotopic (exact) mass is 238 g/mol. The third-order valence-electron chi connectivity index (χ3n) is 4.57. The Morgan fingerprint density at radius 2 is 2.00 bits per heavy atom. The van der Waals surface area contributed by atoms with Gasteiger partial charge in [0.1, 0.15) is 0 Å². The molecule has 2 rings (SSSR count). The summed E-state index contributed by atoms with van der Waals surface area (Å²) >= 11 is 0. The van der Waals surface area contributed by atoms with Gasteiger partial charge in [-0.2, -0.15) is 0 Å². The first-order valence-electron chi connectivity index (χ1n) is 7.75. The number of rotatable bonds is 5. The lowest BCUT2D eigenvalue weighted by Gasteiger charge is -2.35. The van der Waals surface area contributed by atoms with Gasteiger partial charge in [0, 0.05) is 19.1 Å². The maximum Gasteiger partial charge on any atom is 0.0107 e. The number of hydrogen-bond donors (Lipinski definition) is 1. The van der Waals surface area contributed by atoms with Crippen molar-refractivity contribution in [1.82, 2.24) is 10.2 Å². The Bertz CT molecular complexity index is 217. The summed E-state index contributed by atoms with van der Waals surface area (Å²) < 4.78 is 0. The highest BCUT2D eigenvalue weighted by molar-refractivity contribution is 4.85. The Morgan fingerprint density at radius 3 is 2.71 bits per heavy atom. The van der Waals surface area contributed by atoms with Crippen LogP contribution < -0.4 is 5.32 Å². The fourth-order valence-corrected chi connectivity index (χ4v) is 3.55. The highest BCUT2D eigenvalue weighted by atomic mass is 15.1. The van der Waals surface area contributed by atoms with Crippen molar-refractivity contribution in [2.45, 2.75) is 58.4 Å². The number of nitrogens with zero attached hydrogens (tertiary/aromatic N) is 1. The maximum absolute atomic E-state index is 3.78. The van der Waals surface area contributed by atoms with E-state index in [-0.39, 0.29) is 0 Å². The Morgan fingerprint density at radius 1 is 1.18 bits per heavy atom. The van der Waals surface area contributed by atoms with Gasteiger partial charge in [-0.1, -0.05) is 26.7 Å². The molecule has 0 radical (unpaired) electrons. The predicted molar refractivity (Wildman–Crippen MR) is 74.3 cm³/mol. The van der Waals surface area contributed by atoms with Crippen LogP contribution in [0.15, 0.2) is 0 Å². The lowest BCUT2D eigenvalue weighted by atomic mass is 9.84. The van der Waals surface area contributed by atoms with E-state index >= 15 is 0 Å². The van der Waals surface area contributed by atoms with Gasteiger partial charge < -0.3 is 10.2 Å². The van der Waals surface area contributed by atoms with Crippen molar-refractivity contribution in [2.24, 2.45) is 11.8 Å². The van der Waals surface area contributed by atoms with E-state index in [2.05, 4.69) is 24.1 Å². The van der Waals surface area contributed by atoms with Crippen LogP contribution in [0, 0.1) is 11.8 Å². The van der Waals surface area contributed by atoms with Crippen LogP contribution in [0.4, 0.5) is 0 Å². The van der Waals surface area contributed by atoms with Crippen LogP contribution in [0.5, 0.6) is 0 Å². The third kappa shape index (κ3) is 3.96. The van der Waals surface area contributed by atoms with Gasteiger partial charge in [0.2, 0.25) is 0 Å². The molecule has 1 aliphatic heterocycles. The molecule has 1 saturated carbocycles. The zero-order chi connectivity index (χ0) is 12.1. The van der Waals surface area contributed by atoms with Crippen LogP contribution in [0.25, 0.3) is 0 Å². The molecule has 0 aromatic carbocycles. The molecule has 2 nitrogen and oxygen atoms in total. The minimum atomic E-state index is 0.805. The van der Waals surface area contributed by atoms with Crippen LogP contribution in [-0.4, -0.2) is 37.1 Å². The Labute approximate surface area is 107 Å². The first kappa shape index (κ1) is 13.4. The first-order valence-corrected chi connectivity index (χ1v) is 7.75. The Balaban J connectivity index is 1.79. The molecule has 0 aromatic heterocycles. The summed E-state index contributed by atoms with van der Waals surface area (Å²) in [4.78, 5) is 2.71. The fraction of sp³-hybridized carbons (Fsp3) is 1.00. The van der Waals surface area contributed by atoms with Crippen molar-refractivity contribution in [3.63, 3.8) is 0 Å². The van der Waals surface area contributed by atoms with E-state index in [1.807, 2.05) is 0 Å². The predicted octanol–water partition coefficient (Wildman–Crippen LogP) is 2.89. The van der Waals surface area contributed by atoms with E-state index in [1.54, 1.807) is 0 Å². The molecule has 0 spiro atoms. The summed E-state index contributed by atoms with van der Waals surface area (Å²) in [5, 5.41) is 3.78. The van der Waals surface area contributed by atoms with E-state index in [4.69, 9.17) is 0 Å². The molecule has 0 amide bonds. The number of likely N-dealkylation sites (tertiary alicyclic amines) is 1. The molecule has 3 atom stereocenters. The second-order valence-corrected chi connectivity index (χ2v) is 6.26. The van der Waals surface area contributed by atoms with E-state index in [9.17, 15) is 0 Å². The zero-order valence-corrected chi connectivity index (χ0v) is 11.8. The van der Waals surface area contributed by atoms with E-state index < -0.39 is 0 Å². The SMILES string of the molecule is CCCNC1CCCCC1CN1CCC(C)C1. The molecule has 0 aromatic rings. The van der Waals surface area contributed by atoms with Gasteiger partial charge in [0.15, 0.2) is 0 Å². The van der Waals surface area contributed by atoms with Crippen molar-refractivity contribution in [3.05, 3.63) is 0 Å². The van der Waals surface area contributed by atoms with E-state index in [0.717, 1.165) is 17.9 Å². The maximum atomic E-state index is 3.78. The van der Waals surface area contributed by atoms with Gasteiger partial charge in [-0.15, -0.1) is 0 Å². The van der Waals surface area contributed by atoms with Crippen LogP contribution >= 0.6 is 0 Å². The summed E-state index contributed by atoms with van der Waals surface area (Å²) in [6.07, 6.45) is 8.44. The average molecular weight is 238 g/mol. The van der Waals surface area contributed by atoms with Crippen LogP contribution in [0.1, 0.15) is 52.4 Å². The average Bonchev–Trinajstić information content (AvgIpc) is 2.74. The van der Waals surface area contributed by atoms with Crippen molar-refractivity contribution in [2.75, 3.05) is 26.2 Å². The summed E-state index contributed by atoms with van der Waals surface area (Å²) in [7, 11) is 0. The summed E-state index contributed by atoms with van der Waals surface area (Å²) in [6, 6.07) is 0.805. The van der Waals surface area contributed by atoms with E-state index in [1.165, 1.54) is 64.7 Å². The van der Waals surface area contributed by atoms with Crippen molar-refractivity contribution in [3.8, 4) is 0 Å². The molecule has 0 bridgehead atoms. The van der Waals surface area contributed by atoms with Crippen LogP contribution in [0.2, 0.25) is 0 Å². The standard InChI is InChI=1S/C15H30N2/c1-3-9-16-15-7-5-4-6-14(15)12-17-10-8-13(2)11-17/h13-16H,3-12H2,1-2H3. The second-order valence-electron chi connectivity index (χ2n) is 6.26. The molecule has 17 heavy (non-hydrogen) atoms. The van der Waals surface area contributed by atoms with Crippen LogP contribution in [-0.2, 0) is 0 Å². The third-order valence-corrected chi connectivity index (χ3v) is 4.57. The van der Waals surface area contributed by atoms with Gasteiger partial charge in [-0.25, -0.2) is 0 Å². The molecule has 1 saturated heterocycles. The lowest BCUT2D eigenvalue weighted by Crippen LogP contribution is -2.44. The van der Waals surface area contributed by atoms with Gasteiger partial charge in [0.05, 0.1) is 0 Å². The highest BCUT2D eigenvalue weighted by Crippen LogP contribution is 2.27. The quantitative estimate of drug-likeness (QED) is 0.792. The van der Waals surface area contributed by atoms with Crippen molar-refractivity contribution in [1.29, 1.82) is 0 Å². The molecular formula is C15H30N2. The number of nitrogens with one attached hydrogen (secondary N) is 1. The van der Waals surface area contributed by atoms with Crippen LogP contribution in [0.3, 0.4) is 0 Å². The fourth-order valence-electron chi connectivity index (χ4n) is 3.55. The van der Waals surface area contributed by atoms with Gasteiger partial charge >= 0.3 is 0 Å². The second kappa shape index (κ2) is 6.75. The zero-order valence-electron chi connectivity index (χ0n) is 11.8. The number of hydrogen-bond acceptors (Lipinski definition) is 2. The smallest absolute Gasteiger partial charge is 0.0107 e. The van der Waals surface area contributed by atoms with Crippen molar-refractivity contribution >= 4 is 0 Å². The molecule has 2 fully saturated rings. The van der Waals surface area contributed by atoms with Gasteiger partial charge in [0.25, 0.3) is 0 Å². The minimum absolute atomic E-state index is 0.805. The molecule has 1 aliphatic carbocycles. The summed E-state index contributed by atoms with van der Waals surface area (Å²) in [6.45, 7) is 9.92. The molecule has 1 heterocycles. The van der Waals surface area contributed by atoms with E-state index in [0.29, 0.717) is 0 Å². The first-order chi connectivity index (χ1) is 8.29. The molecule has 3 unspecified atom stereocenters. The normalized spacial score (nSPS) is 35.3. The highest BCUT2D eigenvalue weighted by Gasteiger charge is 2.28. The van der Waals surface area contributed by atoms with Gasteiger partial charge in [-0.05, 0) is 50.6 Å². The molecular weight excluding hydrogens is 208 g/mol. The minimum Gasteiger partial charge on any atom is -0.314 e. The molecule has 2 heteroatoms. The molecule has 1 N–H and O–H groups in total. The Hall–Kier alpha value is -0.0800. The Kier molecular flexibility index (Phi) is 5.30. The molecule has 2 aliphatic rings. The lowest BCUT2D eigenvalue weighted by molar-refractivity contribution is 0.186. The molecule has 100 valence electrons. The topological polar surface area (TPSA) is 15.3 Å². The summed E-state index contributed by atoms with van der Waals surface area (Å²) in [5.74, 6) is 1.85. The van der Waals surface area contributed by atoms with Gasteiger partial charge in [-0.3, -0.25) is 0 Å². The summed E-state index contributed by atoms with van der Waals surface area (Å²) in [5.41, 5.74) is 0.